The van der Waals surface area contributed by atoms with E-state index >= 15 is 0 Å². The molecule has 0 saturated carbocycles. The maximum Gasteiger partial charge on any atom is 0.177 e. The number of anilines is 1. The Morgan fingerprint density at radius 1 is 1.38 bits per heavy atom. The zero-order valence-electron chi connectivity index (χ0n) is 7.74. The Labute approximate surface area is 78.5 Å². The molecule has 0 unspecified atom stereocenters. The molecule has 0 radical (unpaired) electrons. The van der Waals surface area contributed by atoms with Crippen molar-refractivity contribution in [1.82, 2.24) is 0 Å². The van der Waals surface area contributed by atoms with Gasteiger partial charge in [-0.25, -0.2) is 8.42 Å². The lowest BCUT2D eigenvalue weighted by Gasteiger charge is -2.04. The Morgan fingerprint density at radius 2 is 2.00 bits per heavy atom. The van der Waals surface area contributed by atoms with Gasteiger partial charge in [0.25, 0.3) is 0 Å². The third-order valence-corrected chi connectivity index (χ3v) is 3.05. The Bertz CT molecular complexity index is 410. The van der Waals surface area contributed by atoms with E-state index in [1.165, 1.54) is 0 Å². The molecule has 0 aromatic heterocycles. The van der Waals surface area contributed by atoms with Crippen LogP contribution in [-0.4, -0.2) is 14.7 Å². The molecule has 1 aromatic carbocycles. The van der Waals surface area contributed by atoms with Gasteiger partial charge >= 0.3 is 0 Å². The van der Waals surface area contributed by atoms with Crippen LogP contribution in [0.2, 0.25) is 0 Å². The summed E-state index contributed by atoms with van der Waals surface area (Å²) in [6.45, 7) is 1.99. The van der Waals surface area contributed by atoms with Gasteiger partial charge in [0.2, 0.25) is 0 Å². The summed E-state index contributed by atoms with van der Waals surface area (Å²) < 4.78 is 22.3. The van der Waals surface area contributed by atoms with Gasteiger partial charge in [0.05, 0.1) is 10.6 Å². The molecule has 1 rings (SSSR count). The van der Waals surface area contributed by atoms with E-state index in [4.69, 9.17) is 5.73 Å². The van der Waals surface area contributed by atoms with Crippen LogP contribution < -0.4 is 5.73 Å². The van der Waals surface area contributed by atoms with Crippen molar-refractivity contribution in [2.45, 2.75) is 18.2 Å². The van der Waals surface area contributed by atoms with Gasteiger partial charge in [-0.3, -0.25) is 0 Å². The van der Waals surface area contributed by atoms with Crippen molar-refractivity contribution in [3.8, 4) is 0 Å². The molecule has 0 heterocycles. The third-order valence-electron chi connectivity index (χ3n) is 1.88. The lowest BCUT2D eigenvalue weighted by atomic mass is 10.1. The molecule has 0 atom stereocenters. The molecular formula is C9H13NO2S. The van der Waals surface area contributed by atoms with Crippen molar-refractivity contribution in [3.63, 3.8) is 0 Å². The van der Waals surface area contributed by atoms with Crippen LogP contribution in [0.3, 0.4) is 0 Å². The first-order valence-corrected chi connectivity index (χ1v) is 5.92. The maximum absolute atomic E-state index is 11.2. The van der Waals surface area contributed by atoms with E-state index in [-0.39, 0.29) is 4.90 Å². The lowest BCUT2D eigenvalue weighted by molar-refractivity contribution is 0.602. The molecule has 0 bridgehead atoms. The Hall–Kier alpha value is -1.03. The number of hydrogen-bond acceptors (Lipinski definition) is 3. The predicted molar refractivity (Wildman–Crippen MR) is 53.3 cm³/mol. The molecule has 2 N–H and O–H groups in total. The number of benzene rings is 1. The second-order valence-corrected chi connectivity index (χ2v) is 4.98. The van der Waals surface area contributed by atoms with Crippen LogP contribution in [-0.2, 0) is 16.3 Å². The van der Waals surface area contributed by atoms with Crippen LogP contribution in [0.25, 0.3) is 0 Å². The summed E-state index contributed by atoms with van der Waals surface area (Å²) in [7, 11) is -3.18. The van der Waals surface area contributed by atoms with Crippen LogP contribution in [0.15, 0.2) is 23.1 Å². The van der Waals surface area contributed by atoms with Gasteiger partial charge < -0.3 is 5.73 Å². The SMILES string of the molecule is CCc1ccc(S(C)(=O)=O)c(N)c1. The zero-order valence-corrected chi connectivity index (χ0v) is 8.56. The van der Waals surface area contributed by atoms with Crippen LogP contribution in [0.5, 0.6) is 0 Å². The zero-order chi connectivity index (χ0) is 10.1. The van der Waals surface area contributed by atoms with Crippen molar-refractivity contribution < 1.29 is 8.42 Å². The molecule has 4 heteroatoms. The Morgan fingerprint density at radius 3 is 2.38 bits per heavy atom. The smallest absolute Gasteiger partial charge is 0.177 e. The largest absolute Gasteiger partial charge is 0.398 e. The highest BCUT2D eigenvalue weighted by Crippen LogP contribution is 2.19. The molecule has 13 heavy (non-hydrogen) atoms. The summed E-state index contributed by atoms with van der Waals surface area (Å²) in [5.41, 5.74) is 6.99. The molecular weight excluding hydrogens is 186 g/mol. The van der Waals surface area contributed by atoms with Gasteiger partial charge in [-0.1, -0.05) is 13.0 Å². The quantitative estimate of drug-likeness (QED) is 0.729. The van der Waals surface area contributed by atoms with Crippen molar-refractivity contribution in [3.05, 3.63) is 23.8 Å². The molecule has 0 aliphatic carbocycles. The number of nitrogens with two attached hydrogens (primary N) is 1. The van der Waals surface area contributed by atoms with Gasteiger partial charge in [-0.2, -0.15) is 0 Å². The number of nitrogen functional groups attached to an aromatic ring is 1. The van der Waals surface area contributed by atoms with Gasteiger partial charge in [0.1, 0.15) is 0 Å². The summed E-state index contributed by atoms with van der Waals surface area (Å²) in [6, 6.07) is 5.05. The van der Waals surface area contributed by atoms with E-state index < -0.39 is 9.84 Å². The van der Waals surface area contributed by atoms with Crippen molar-refractivity contribution in [2.24, 2.45) is 0 Å². The van der Waals surface area contributed by atoms with E-state index in [1.807, 2.05) is 6.92 Å². The number of aryl methyl sites for hydroxylation is 1. The van der Waals surface area contributed by atoms with E-state index in [2.05, 4.69) is 0 Å². The standard InChI is InChI=1S/C9H13NO2S/c1-3-7-4-5-9(8(10)6-7)13(2,11)12/h4-6H,3,10H2,1-2H3. The van der Waals surface area contributed by atoms with Crippen LogP contribution in [0, 0.1) is 0 Å². The van der Waals surface area contributed by atoms with Gasteiger partial charge in [-0.05, 0) is 24.1 Å². The second-order valence-electron chi connectivity index (χ2n) is 3.00. The molecule has 0 amide bonds. The topological polar surface area (TPSA) is 60.2 Å². The Kier molecular flexibility index (Phi) is 2.61. The Balaban J connectivity index is 3.29. The number of hydrogen-bond donors (Lipinski definition) is 1. The number of sulfone groups is 1. The third kappa shape index (κ3) is 2.21. The van der Waals surface area contributed by atoms with Gasteiger partial charge in [0, 0.05) is 6.26 Å². The fourth-order valence-corrected chi connectivity index (χ4v) is 1.96. The van der Waals surface area contributed by atoms with E-state index in [0.717, 1.165) is 18.2 Å². The molecule has 72 valence electrons. The van der Waals surface area contributed by atoms with Crippen LogP contribution >= 0.6 is 0 Å². The monoisotopic (exact) mass is 199 g/mol. The minimum atomic E-state index is -3.18. The van der Waals surface area contributed by atoms with E-state index in [1.54, 1.807) is 18.2 Å². The van der Waals surface area contributed by atoms with E-state index in [0.29, 0.717) is 5.69 Å². The van der Waals surface area contributed by atoms with Crippen molar-refractivity contribution >= 4 is 15.5 Å². The summed E-state index contributed by atoms with van der Waals surface area (Å²) in [4.78, 5) is 0.213. The molecule has 0 saturated heterocycles. The molecule has 0 aliphatic heterocycles. The summed E-state index contributed by atoms with van der Waals surface area (Å²) in [5, 5.41) is 0. The molecule has 0 spiro atoms. The minimum Gasteiger partial charge on any atom is -0.398 e. The first kappa shape index (κ1) is 10.1. The lowest BCUT2D eigenvalue weighted by Crippen LogP contribution is -2.02. The highest BCUT2D eigenvalue weighted by Gasteiger charge is 2.10. The first-order valence-electron chi connectivity index (χ1n) is 4.03. The van der Waals surface area contributed by atoms with Crippen LogP contribution in [0.1, 0.15) is 12.5 Å². The highest BCUT2D eigenvalue weighted by atomic mass is 32.2. The fourth-order valence-electron chi connectivity index (χ4n) is 1.16. The highest BCUT2D eigenvalue weighted by molar-refractivity contribution is 7.90. The fraction of sp³-hybridized carbons (Fsp3) is 0.333. The molecule has 0 aliphatic rings. The van der Waals surface area contributed by atoms with E-state index in [9.17, 15) is 8.42 Å². The van der Waals surface area contributed by atoms with Gasteiger partial charge in [-0.15, -0.1) is 0 Å². The average Bonchev–Trinajstić information content (AvgIpc) is 2.01. The number of rotatable bonds is 2. The van der Waals surface area contributed by atoms with Gasteiger partial charge in [0.15, 0.2) is 9.84 Å². The summed E-state index contributed by atoms with van der Waals surface area (Å²) in [6.07, 6.45) is 2.01. The normalized spacial score (nSPS) is 11.5. The predicted octanol–water partition coefficient (Wildman–Crippen LogP) is 1.23. The van der Waals surface area contributed by atoms with Crippen molar-refractivity contribution in [1.29, 1.82) is 0 Å². The molecule has 3 nitrogen and oxygen atoms in total. The summed E-state index contributed by atoms with van der Waals surface area (Å²) in [5.74, 6) is 0. The molecule has 1 aromatic rings. The average molecular weight is 199 g/mol. The van der Waals surface area contributed by atoms with Crippen molar-refractivity contribution in [2.75, 3.05) is 12.0 Å². The molecule has 0 fully saturated rings. The maximum atomic E-state index is 11.2. The first-order chi connectivity index (χ1) is 5.95. The minimum absolute atomic E-state index is 0.213. The summed E-state index contributed by atoms with van der Waals surface area (Å²) >= 11 is 0. The van der Waals surface area contributed by atoms with Crippen LogP contribution in [0.4, 0.5) is 5.69 Å². The second kappa shape index (κ2) is 3.38.